The van der Waals surface area contributed by atoms with Gasteiger partial charge in [0.15, 0.2) is 0 Å². The number of pyridine rings is 1. The summed E-state index contributed by atoms with van der Waals surface area (Å²) in [5.74, 6) is 0. The van der Waals surface area contributed by atoms with Crippen molar-refractivity contribution in [2.24, 2.45) is 0 Å². The van der Waals surface area contributed by atoms with Crippen molar-refractivity contribution in [3.05, 3.63) is 132 Å². The molecule has 5 aromatic rings. The Morgan fingerprint density at radius 3 is 1.72 bits per heavy atom. The maximum atomic E-state index is 9.19. The van der Waals surface area contributed by atoms with Crippen LogP contribution in [0.4, 0.5) is 17.1 Å². The number of benzene rings is 4. The summed E-state index contributed by atoms with van der Waals surface area (Å²) in [6.07, 6.45) is 1.79. The molecule has 0 atom stereocenters. The molecule has 0 aliphatic carbocycles. The van der Waals surface area contributed by atoms with Crippen molar-refractivity contribution < 1.29 is 0 Å². The van der Waals surface area contributed by atoms with Gasteiger partial charge in [-0.2, -0.15) is 5.26 Å². The lowest BCUT2D eigenvalue weighted by molar-refractivity contribution is 0.632. The maximum absolute atomic E-state index is 9.19. The van der Waals surface area contributed by atoms with E-state index in [0.717, 1.165) is 27.9 Å². The molecular formula is C33H25N3. The van der Waals surface area contributed by atoms with Crippen LogP contribution in [-0.2, 0) is 5.41 Å². The molecule has 36 heavy (non-hydrogen) atoms. The van der Waals surface area contributed by atoms with Crippen molar-refractivity contribution in [3.63, 3.8) is 0 Å². The van der Waals surface area contributed by atoms with Crippen molar-refractivity contribution in [3.8, 4) is 28.3 Å². The standard InChI is InChI=1S/C33H25N3/c1-33(2)28-14-6-9-17-31(28)36(32-18-10-7-15-29(32)33)30-16-8-5-13-27(30)26-12-4-3-11-25(26)23-19-20-24(21-34)35-22-23/h3-20,22H,1-2H3. The van der Waals surface area contributed by atoms with Gasteiger partial charge in [-0.05, 0) is 52.6 Å². The molecule has 0 unspecified atom stereocenters. The number of hydrogen-bond acceptors (Lipinski definition) is 3. The highest BCUT2D eigenvalue weighted by atomic mass is 15.2. The van der Waals surface area contributed by atoms with Crippen molar-refractivity contribution in [2.45, 2.75) is 19.3 Å². The van der Waals surface area contributed by atoms with Crippen LogP contribution in [0.1, 0.15) is 30.7 Å². The molecule has 0 amide bonds. The second kappa shape index (κ2) is 8.52. The third-order valence-electron chi connectivity index (χ3n) is 7.19. The van der Waals surface area contributed by atoms with Crippen molar-refractivity contribution in [2.75, 3.05) is 4.90 Å². The summed E-state index contributed by atoms with van der Waals surface area (Å²) in [6.45, 7) is 4.61. The molecule has 0 fully saturated rings. The fraction of sp³-hybridized carbons (Fsp3) is 0.0909. The SMILES string of the molecule is CC1(C)c2ccccc2N(c2ccccc2-c2ccccc2-c2ccc(C#N)nc2)c2ccccc21. The first-order chi connectivity index (χ1) is 17.6. The Morgan fingerprint density at radius 2 is 1.14 bits per heavy atom. The Morgan fingerprint density at radius 1 is 0.611 bits per heavy atom. The molecule has 0 spiro atoms. The fourth-order valence-corrected chi connectivity index (χ4v) is 5.41. The van der Waals surface area contributed by atoms with Gasteiger partial charge in [-0.15, -0.1) is 0 Å². The van der Waals surface area contributed by atoms with Gasteiger partial charge in [0.2, 0.25) is 0 Å². The predicted octanol–water partition coefficient (Wildman–Crippen LogP) is 8.40. The van der Waals surface area contributed by atoms with Crippen molar-refractivity contribution in [1.82, 2.24) is 4.98 Å². The topological polar surface area (TPSA) is 39.9 Å². The zero-order chi connectivity index (χ0) is 24.7. The summed E-state index contributed by atoms with van der Waals surface area (Å²) in [5, 5.41) is 9.19. The molecule has 0 saturated carbocycles. The van der Waals surface area contributed by atoms with Gasteiger partial charge in [-0.3, -0.25) is 0 Å². The molecule has 0 radical (unpaired) electrons. The van der Waals surface area contributed by atoms with E-state index in [9.17, 15) is 5.26 Å². The number of fused-ring (bicyclic) bond motifs is 2. The highest BCUT2D eigenvalue weighted by Gasteiger charge is 2.37. The van der Waals surface area contributed by atoms with Gasteiger partial charge in [0.1, 0.15) is 11.8 Å². The van der Waals surface area contributed by atoms with Crippen LogP contribution in [0.5, 0.6) is 0 Å². The zero-order valence-corrected chi connectivity index (χ0v) is 20.3. The average molecular weight is 464 g/mol. The van der Waals surface area contributed by atoms with Crippen LogP contribution in [0, 0.1) is 11.3 Å². The van der Waals surface area contributed by atoms with E-state index in [4.69, 9.17) is 0 Å². The predicted molar refractivity (Wildman–Crippen MR) is 147 cm³/mol. The van der Waals surface area contributed by atoms with Crippen molar-refractivity contribution >= 4 is 17.1 Å². The minimum absolute atomic E-state index is 0.106. The first kappa shape index (κ1) is 21.8. The van der Waals surface area contributed by atoms with Crippen LogP contribution in [0.3, 0.4) is 0 Å². The second-order valence-corrected chi connectivity index (χ2v) is 9.60. The first-order valence-electron chi connectivity index (χ1n) is 12.1. The van der Waals surface area contributed by atoms with Crippen LogP contribution >= 0.6 is 0 Å². The molecule has 0 bridgehead atoms. The van der Waals surface area contributed by atoms with E-state index in [1.54, 1.807) is 12.3 Å². The van der Waals surface area contributed by atoms with Gasteiger partial charge in [-0.1, -0.05) is 92.7 Å². The molecule has 1 aromatic heterocycles. The van der Waals surface area contributed by atoms with E-state index in [2.05, 4.69) is 121 Å². The van der Waals surface area contributed by atoms with Crippen molar-refractivity contribution in [1.29, 1.82) is 5.26 Å². The highest BCUT2D eigenvalue weighted by Crippen LogP contribution is 2.53. The lowest BCUT2D eigenvalue weighted by atomic mass is 9.73. The van der Waals surface area contributed by atoms with Gasteiger partial charge in [0.05, 0.1) is 17.1 Å². The molecule has 1 aliphatic rings. The van der Waals surface area contributed by atoms with Crippen LogP contribution in [0.25, 0.3) is 22.3 Å². The van der Waals surface area contributed by atoms with E-state index in [1.165, 1.54) is 22.5 Å². The van der Waals surface area contributed by atoms with E-state index in [1.807, 2.05) is 12.1 Å². The summed E-state index contributed by atoms with van der Waals surface area (Å²) < 4.78 is 0. The molecule has 6 rings (SSSR count). The van der Waals surface area contributed by atoms with Crippen LogP contribution in [0.2, 0.25) is 0 Å². The van der Waals surface area contributed by atoms with E-state index >= 15 is 0 Å². The maximum Gasteiger partial charge on any atom is 0.140 e. The van der Waals surface area contributed by atoms with E-state index in [-0.39, 0.29) is 5.41 Å². The molecule has 3 nitrogen and oxygen atoms in total. The normalized spacial score (nSPS) is 13.4. The Labute approximate surface area is 211 Å². The van der Waals surface area contributed by atoms with Gasteiger partial charge in [0.25, 0.3) is 0 Å². The fourth-order valence-electron chi connectivity index (χ4n) is 5.41. The molecule has 2 heterocycles. The Bertz CT molecular complexity index is 1570. The van der Waals surface area contributed by atoms with Gasteiger partial charge < -0.3 is 4.90 Å². The number of aromatic nitrogens is 1. The van der Waals surface area contributed by atoms with Crippen LogP contribution in [-0.4, -0.2) is 4.98 Å². The minimum atomic E-state index is -0.106. The van der Waals surface area contributed by atoms with Gasteiger partial charge in [-0.25, -0.2) is 4.98 Å². The Kier molecular flexibility index (Phi) is 5.16. The number of nitrogens with zero attached hydrogens (tertiary/aromatic N) is 3. The molecule has 1 aliphatic heterocycles. The number of hydrogen-bond donors (Lipinski definition) is 0. The zero-order valence-electron chi connectivity index (χ0n) is 20.3. The molecule has 172 valence electrons. The average Bonchev–Trinajstić information content (AvgIpc) is 2.94. The third kappa shape index (κ3) is 3.39. The van der Waals surface area contributed by atoms with Gasteiger partial charge >= 0.3 is 0 Å². The van der Waals surface area contributed by atoms with Crippen LogP contribution in [0.15, 0.2) is 115 Å². The molecule has 0 N–H and O–H groups in total. The number of para-hydroxylation sites is 3. The lowest BCUT2D eigenvalue weighted by Gasteiger charge is -2.42. The molecule has 4 aromatic carbocycles. The lowest BCUT2D eigenvalue weighted by Crippen LogP contribution is -2.30. The molecular weight excluding hydrogens is 438 g/mol. The quantitative estimate of drug-likeness (QED) is 0.270. The smallest absolute Gasteiger partial charge is 0.140 e. The monoisotopic (exact) mass is 463 g/mol. The number of nitriles is 1. The Balaban J connectivity index is 1.60. The third-order valence-corrected chi connectivity index (χ3v) is 7.19. The van der Waals surface area contributed by atoms with E-state index < -0.39 is 0 Å². The number of anilines is 3. The summed E-state index contributed by atoms with van der Waals surface area (Å²) in [5.41, 5.74) is 10.8. The highest BCUT2D eigenvalue weighted by molar-refractivity contribution is 5.96. The minimum Gasteiger partial charge on any atom is -0.309 e. The van der Waals surface area contributed by atoms with Crippen LogP contribution < -0.4 is 4.90 Å². The Hall–Kier alpha value is -4.68. The summed E-state index contributed by atoms with van der Waals surface area (Å²) >= 11 is 0. The first-order valence-corrected chi connectivity index (χ1v) is 12.1. The summed E-state index contributed by atoms with van der Waals surface area (Å²) in [6, 6.07) is 40.3. The van der Waals surface area contributed by atoms with E-state index in [0.29, 0.717) is 5.69 Å². The summed E-state index contributed by atoms with van der Waals surface area (Å²) in [4.78, 5) is 6.73. The molecule has 0 saturated heterocycles. The van der Waals surface area contributed by atoms with Gasteiger partial charge in [0, 0.05) is 22.7 Å². The molecule has 3 heteroatoms. The number of rotatable bonds is 3. The largest absolute Gasteiger partial charge is 0.309 e. The summed E-state index contributed by atoms with van der Waals surface area (Å²) in [7, 11) is 0. The second-order valence-electron chi connectivity index (χ2n) is 9.60.